The van der Waals surface area contributed by atoms with Crippen LogP contribution >= 0.6 is 27.5 Å². The van der Waals surface area contributed by atoms with Gasteiger partial charge in [0.2, 0.25) is 0 Å². The maximum atomic E-state index is 6.14. The van der Waals surface area contributed by atoms with Gasteiger partial charge in [-0.3, -0.25) is 4.99 Å². The van der Waals surface area contributed by atoms with Crippen LogP contribution in [0.3, 0.4) is 0 Å². The number of anilines is 1. The van der Waals surface area contributed by atoms with Gasteiger partial charge in [0.05, 0.1) is 12.1 Å². The smallest absolute Gasteiger partial charge is 0.196 e. The summed E-state index contributed by atoms with van der Waals surface area (Å²) in [6.07, 6.45) is 0. The summed E-state index contributed by atoms with van der Waals surface area (Å²) in [4.78, 5) is 6.52. The molecule has 0 amide bonds. The molecular formula is C16H15BrClN3. The van der Waals surface area contributed by atoms with Crippen LogP contribution in [0.25, 0.3) is 0 Å². The lowest BCUT2D eigenvalue weighted by Gasteiger charge is -2.36. The summed E-state index contributed by atoms with van der Waals surface area (Å²) < 4.78 is 1.01. The molecule has 0 fully saturated rings. The molecule has 2 N–H and O–H groups in total. The van der Waals surface area contributed by atoms with Crippen molar-refractivity contribution in [1.82, 2.24) is 0 Å². The summed E-state index contributed by atoms with van der Waals surface area (Å²) in [5, 5.41) is 0.725. The van der Waals surface area contributed by atoms with E-state index in [0.29, 0.717) is 12.5 Å². The third-order valence-electron chi connectivity index (χ3n) is 3.80. The van der Waals surface area contributed by atoms with Crippen LogP contribution in [-0.2, 0) is 5.54 Å². The molecule has 0 bridgehead atoms. The Kier molecular flexibility index (Phi) is 3.68. The normalized spacial score (nSPS) is 21.5. The van der Waals surface area contributed by atoms with Crippen molar-refractivity contribution in [2.45, 2.75) is 12.5 Å². The van der Waals surface area contributed by atoms with Crippen molar-refractivity contribution in [3.8, 4) is 0 Å². The van der Waals surface area contributed by atoms with Gasteiger partial charge in [0.15, 0.2) is 5.96 Å². The van der Waals surface area contributed by atoms with Crippen molar-refractivity contribution in [1.29, 1.82) is 0 Å². The minimum absolute atomic E-state index is 0.310. The molecule has 0 aliphatic carbocycles. The molecule has 2 aromatic rings. The number of guanidine groups is 1. The van der Waals surface area contributed by atoms with Gasteiger partial charge in [0, 0.05) is 15.2 Å². The van der Waals surface area contributed by atoms with Crippen molar-refractivity contribution in [3.63, 3.8) is 0 Å². The standard InChI is InChI=1S/C16H15BrClN3/c1-16(11-5-7-13(18)8-6-11)10-20-15(19)21(16)14-4-2-3-12(17)9-14/h2-9H,10H2,1H3,(H2,19,20). The molecule has 1 atom stereocenters. The Balaban J connectivity index is 2.07. The number of rotatable bonds is 2. The number of aliphatic imine (C=N–C) groups is 1. The minimum atomic E-state index is -0.310. The van der Waals surface area contributed by atoms with E-state index < -0.39 is 0 Å². The van der Waals surface area contributed by atoms with E-state index in [1.807, 2.05) is 48.5 Å². The van der Waals surface area contributed by atoms with Crippen LogP contribution < -0.4 is 10.6 Å². The van der Waals surface area contributed by atoms with Crippen molar-refractivity contribution in [2.75, 3.05) is 11.4 Å². The van der Waals surface area contributed by atoms with E-state index in [-0.39, 0.29) is 5.54 Å². The predicted octanol–water partition coefficient (Wildman–Crippen LogP) is 4.15. The monoisotopic (exact) mass is 363 g/mol. The summed E-state index contributed by atoms with van der Waals surface area (Å²) in [6.45, 7) is 2.76. The van der Waals surface area contributed by atoms with Crippen LogP contribution in [0.2, 0.25) is 5.02 Å². The zero-order chi connectivity index (χ0) is 15.0. The molecule has 0 saturated carbocycles. The molecule has 3 rings (SSSR count). The van der Waals surface area contributed by atoms with Crippen LogP contribution in [0.15, 0.2) is 58.0 Å². The highest BCUT2D eigenvalue weighted by molar-refractivity contribution is 9.10. The summed E-state index contributed by atoms with van der Waals surface area (Å²) in [6, 6.07) is 15.9. The number of hydrogen-bond donors (Lipinski definition) is 1. The molecule has 5 heteroatoms. The number of hydrogen-bond acceptors (Lipinski definition) is 3. The maximum Gasteiger partial charge on any atom is 0.196 e. The SMILES string of the molecule is CC1(c2ccc(Cl)cc2)CN=C(N)N1c1cccc(Br)c1. The van der Waals surface area contributed by atoms with Gasteiger partial charge in [0.25, 0.3) is 0 Å². The van der Waals surface area contributed by atoms with Gasteiger partial charge in [-0.15, -0.1) is 0 Å². The first-order chi connectivity index (χ1) is 10.0. The number of halogens is 2. The lowest BCUT2D eigenvalue weighted by Crippen LogP contribution is -2.47. The molecule has 0 spiro atoms. The zero-order valence-electron chi connectivity index (χ0n) is 11.6. The lowest BCUT2D eigenvalue weighted by molar-refractivity contribution is 0.533. The highest BCUT2D eigenvalue weighted by Crippen LogP contribution is 2.37. The first-order valence-electron chi connectivity index (χ1n) is 6.62. The van der Waals surface area contributed by atoms with Gasteiger partial charge < -0.3 is 10.6 Å². The average Bonchev–Trinajstić information content (AvgIpc) is 2.76. The Hall–Kier alpha value is -1.52. The number of nitrogens with zero attached hydrogens (tertiary/aromatic N) is 2. The number of benzene rings is 2. The third-order valence-corrected chi connectivity index (χ3v) is 4.55. The van der Waals surface area contributed by atoms with E-state index in [0.717, 1.165) is 20.7 Å². The van der Waals surface area contributed by atoms with Crippen molar-refractivity contribution < 1.29 is 0 Å². The second kappa shape index (κ2) is 5.35. The summed E-state index contributed by atoms with van der Waals surface area (Å²) in [5.74, 6) is 0.533. The molecule has 1 aliphatic heterocycles. The first-order valence-corrected chi connectivity index (χ1v) is 7.79. The van der Waals surface area contributed by atoms with Crippen LogP contribution in [0.5, 0.6) is 0 Å². The molecule has 1 aliphatic rings. The van der Waals surface area contributed by atoms with E-state index in [2.05, 4.69) is 32.7 Å². The van der Waals surface area contributed by atoms with Crippen molar-refractivity contribution in [2.24, 2.45) is 10.7 Å². The number of nitrogens with two attached hydrogens (primary N) is 1. The highest BCUT2D eigenvalue weighted by atomic mass is 79.9. The van der Waals surface area contributed by atoms with Crippen LogP contribution in [0, 0.1) is 0 Å². The lowest BCUT2D eigenvalue weighted by atomic mass is 9.90. The molecule has 108 valence electrons. The van der Waals surface area contributed by atoms with E-state index in [9.17, 15) is 0 Å². The Morgan fingerprint density at radius 2 is 1.95 bits per heavy atom. The first kappa shape index (κ1) is 14.4. The van der Waals surface area contributed by atoms with E-state index in [4.69, 9.17) is 17.3 Å². The molecule has 0 radical (unpaired) electrons. The van der Waals surface area contributed by atoms with Crippen LogP contribution in [0.1, 0.15) is 12.5 Å². The Labute approximate surface area is 137 Å². The van der Waals surface area contributed by atoms with Gasteiger partial charge in [-0.05, 0) is 42.8 Å². The molecule has 1 heterocycles. The Morgan fingerprint density at radius 1 is 1.24 bits per heavy atom. The van der Waals surface area contributed by atoms with E-state index in [1.54, 1.807) is 0 Å². The predicted molar refractivity (Wildman–Crippen MR) is 91.9 cm³/mol. The average molecular weight is 365 g/mol. The molecule has 2 aromatic carbocycles. The van der Waals surface area contributed by atoms with Gasteiger partial charge in [-0.2, -0.15) is 0 Å². The topological polar surface area (TPSA) is 41.6 Å². The van der Waals surface area contributed by atoms with Gasteiger partial charge >= 0.3 is 0 Å². The molecule has 21 heavy (non-hydrogen) atoms. The van der Waals surface area contributed by atoms with Crippen LogP contribution in [0.4, 0.5) is 5.69 Å². The van der Waals surface area contributed by atoms with E-state index >= 15 is 0 Å². The molecule has 1 unspecified atom stereocenters. The molecule has 0 aromatic heterocycles. The second-order valence-electron chi connectivity index (χ2n) is 5.27. The van der Waals surface area contributed by atoms with Crippen molar-refractivity contribution >= 4 is 39.2 Å². The minimum Gasteiger partial charge on any atom is -0.369 e. The summed E-state index contributed by atoms with van der Waals surface area (Å²) in [5.41, 5.74) is 7.98. The fourth-order valence-electron chi connectivity index (χ4n) is 2.69. The van der Waals surface area contributed by atoms with Gasteiger partial charge in [-0.25, -0.2) is 0 Å². The van der Waals surface area contributed by atoms with Crippen LogP contribution in [-0.4, -0.2) is 12.5 Å². The quantitative estimate of drug-likeness (QED) is 0.869. The Morgan fingerprint density at radius 3 is 2.62 bits per heavy atom. The fraction of sp³-hybridized carbons (Fsp3) is 0.188. The van der Waals surface area contributed by atoms with Gasteiger partial charge in [-0.1, -0.05) is 45.7 Å². The fourth-order valence-corrected chi connectivity index (χ4v) is 3.20. The summed E-state index contributed by atoms with van der Waals surface area (Å²) in [7, 11) is 0. The zero-order valence-corrected chi connectivity index (χ0v) is 13.9. The maximum absolute atomic E-state index is 6.14. The van der Waals surface area contributed by atoms with Gasteiger partial charge in [0.1, 0.15) is 0 Å². The second-order valence-corrected chi connectivity index (χ2v) is 6.62. The third kappa shape index (κ3) is 2.54. The van der Waals surface area contributed by atoms with E-state index in [1.165, 1.54) is 0 Å². The molecular weight excluding hydrogens is 350 g/mol. The Bertz CT molecular complexity index is 699. The summed E-state index contributed by atoms with van der Waals surface area (Å²) >= 11 is 9.50. The van der Waals surface area contributed by atoms with Crippen molar-refractivity contribution in [3.05, 3.63) is 63.6 Å². The largest absolute Gasteiger partial charge is 0.369 e. The highest BCUT2D eigenvalue weighted by Gasteiger charge is 2.40. The molecule has 0 saturated heterocycles. The molecule has 3 nitrogen and oxygen atoms in total.